The van der Waals surface area contributed by atoms with Gasteiger partial charge in [-0.05, 0) is 17.7 Å². The van der Waals surface area contributed by atoms with E-state index in [1.165, 1.54) is 25.2 Å². The van der Waals surface area contributed by atoms with E-state index >= 15 is 0 Å². The first kappa shape index (κ1) is 17.9. The number of rotatable bonds is 5. The number of likely N-dealkylation sites (N-methyl/N-ethyl adjacent to an activating group) is 1. The Morgan fingerprint density at radius 1 is 1.42 bits per heavy atom. The van der Waals surface area contributed by atoms with Crippen LogP contribution in [0.2, 0.25) is 0 Å². The fourth-order valence-electron chi connectivity index (χ4n) is 1.88. The Labute approximate surface area is 133 Å². The number of hydrogen-bond donors (Lipinski definition) is 1. The number of nitrogens with zero attached hydrogens (tertiary/aromatic N) is 3. The standard InChI is InChI=1S/C14H13F4N3O3/c1-21(6-5-10-19-13(24-20-10)14(16,17)18)12(23)11(22)8-3-2-4-9(15)7-8/h2-4,7,11,22H,5-6H2,1H3/t11-/m0/s1. The maximum atomic E-state index is 13.1. The summed E-state index contributed by atoms with van der Waals surface area (Å²) in [7, 11) is 1.34. The molecule has 1 aromatic carbocycles. The first-order chi connectivity index (χ1) is 11.2. The summed E-state index contributed by atoms with van der Waals surface area (Å²) in [5.74, 6) is -3.03. The largest absolute Gasteiger partial charge is 0.471 e. The van der Waals surface area contributed by atoms with Gasteiger partial charge in [0.2, 0.25) is 0 Å². The van der Waals surface area contributed by atoms with Crippen LogP contribution in [0.4, 0.5) is 17.6 Å². The molecule has 1 N–H and O–H groups in total. The first-order valence-electron chi connectivity index (χ1n) is 6.77. The average molecular weight is 347 g/mol. The molecule has 1 aromatic heterocycles. The Bertz CT molecular complexity index is 717. The second-order valence-electron chi connectivity index (χ2n) is 4.98. The van der Waals surface area contributed by atoms with Gasteiger partial charge < -0.3 is 14.5 Å². The number of aliphatic hydroxyl groups excluding tert-OH is 1. The van der Waals surface area contributed by atoms with E-state index in [-0.39, 0.29) is 24.4 Å². The second-order valence-corrected chi connectivity index (χ2v) is 4.98. The van der Waals surface area contributed by atoms with Gasteiger partial charge in [0.25, 0.3) is 5.91 Å². The maximum absolute atomic E-state index is 13.1. The Morgan fingerprint density at radius 3 is 2.71 bits per heavy atom. The summed E-state index contributed by atoms with van der Waals surface area (Å²) in [6.45, 7) is -0.0535. The minimum Gasteiger partial charge on any atom is -0.378 e. The Kier molecular flexibility index (Phi) is 5.17. The zero-order valence-corrected chi connectivity index (χ0v) is 12.4. The predicted molar refractivity (Wildman–Crippen MR) is 72.0 cm³/mol. The highest BCUT2D eigenvalue weighted by molar-refractivity contribution is 5.81. The monoisotopic (exact) mass is 347 g/mol. The molecule has 0 unspecified atom stereocenters. The van der Waals surface area contributed by atoms with Crippen LogP contribution in [0.3, 0.4) is 0 Å². The van der Waals surface area contributed by atoms with Crippen LogP contribution in [0.15, 0.2) is 28.8 Å². The van der Waals surface area contributed by atoms with Gasteiger partial charge in [0.15, 0.2) is 11.9 Å². The number of carbonyl (C=O) groups is 1. The Hall–Kier alpha value is -2.49. The lowest BCUT2D eigenvalue weighted by atomic mass is 10.1. The summed E-state index contributed by atoms with van der Waals surface area (Å²) in [4.78, 5) is 16.3. The van der Waals surface area contributed by atoms with E-state index in [2.05, 4.69) is 14.7 Å². The van der Waals surface area contributed by atoms with Crippen molar-refractivity contribution in [2.45, 2.75) is 18.7 Å². The van der Waals surface area contributed by atoms with Crippen molar-refractivity contribution in [3.8, 4) is 0 Å². The van der Waals surface area contributed by atoms with Crippen molar-refractivity contribution in [3.05, 3.63) is 47.4 Å². The van der Waals surface area contributed by atoms with Gasteiger partial charge in [0, 0.05) is 20.0 Å². The van der Waals surface area contributed by atoms with Crippen molar-refractivity contribution in [1.82, 2.24) is 15.0 Å². The third-order valence-corrected chi connectivity index (χ3v) is 3.16. The fraction of sp³-hybridized carbons (Fsp3) is 0.357. The Balaban J connectivity index is 1.95. The molecular formula is C14H13F4N3O3. The number of benzene rings is 1. The number of aliphatic hydroxyl groups is 1. The van der Waals surface area contributed by atoms with Crippen LogP contribution in [0.5, 0.6) is 0 Å². The summed E-state index contributed by atoms with van der Waals surface area (Å²) in [5.41, 5.74) is 0.0748. The van der Waals surface area contributed by atoms with Crippen molar-refractivity contribution >= 4 is 5.91 Å². The molecule has 24 heavy (non-hydrogen) atoms. The predicted octanol–water partition coefficient (Wildman–Crippen LogP) is 1.96. The van der Waals surface area contributed by atoms with Crippen molar-refractivity contribution in [2.24, 2.45) is 0 Å². The van der Waals surface area contributed by atoms with Crippen LogP contribution in [0.1, 0.15) is 23.4 Å². The average Bonchev–Trinajstić information content (AvgIpc) is 3.00. The number of hydrogen-bond acceptors (Lipinski definition) is 5. The van der Waals surface area contributed by atoms with Gasteiger partial charge in [-0.25, -0.2) is 4.39 Å². The molecule has 0 radical (unpaired) electrons. The molecule has 1 amide bonds. The van der Waals surface area contributed by atoms with E-state index in [0.717, 1.165) is 11.0 Å². The number of aromatic nitrogens is 2. The van der Waals surface area contributed by atoms with Gasteiger partial charge in [-0.2, -0.15) is 18.2 Å². The summed E-state index contributed by atoms with van der Waals surface area (Å²) in [5, 5.41) is 13.1. The smallest absolute Gasteiger partial charge is 0.378 e. The number of alkyl halides is 3. The van der Waals surface area contributed by atoms with Crippen LogP contribution in [-0.4, -0.2) is 39.6 Å². The fourth-order valence-corrected chi connectivity index (χ4v) is 1.88. The van der Waals surface area contributed by atoms with Crippen LogP contribution >= 0.6 is 0 Å². The van der Waals surface area contributed by atoms with Gasteiger partial charge in [0.1, 0.15) is 5.82 Å². The summed E-state index contributed by atoms with van der Waals surface area (Å²) < 4.78 is 54.2. The lowest BCUT2D eigenvalue weighted by molar-refractivity contribution is -0.159. The molecule has 0 aliphatic carbocycles. The van der Waals surface area contributed by atoms with Crippen LogP contribution < -0.4 is 0 Å². The van der Waals surface area contributed by atoms with E-state index in [9.17, 15) is 27.5 Å². The highest BCUT2D eigenvalue weighted by atomic mass is 19.4. The molecule has 0 spiro atoms. The molecule has 130 valence electrons. The van der Waals surface area contributed by atoms with E-state index in [1.807, 2.05) is 0 Å². The third kappa shape index (κ3) is 4.28. The van der Waals surface area contributed by atoms with Gasteiger partial charge in [-0.15, -0.1) is 0 Å². The van der Waals surface area contributed by atoms with Gasteiger partial charge in [-0.1, -0.05) is 17.3 Å². The van der Waals surface area contributed by atoms with Crippen molar-refractivity contribution in [3.63, 3.8) is 0 Å². The van der Waals surface area contributed by atoms with Crippen molar-refractivity contribution < 1.29 is 32.0 Å². The Morgan fingerprint density at radius 2 is 2.12 bits per heavy atom. The highest BCUT2D eigenvalue weighted by Crippen LogP contribution is 2.27. The lowest BCUT2D eigenvalue weighted by Gasteiger charge is -2.20. The molecular weight excluding hydrogens is 334 g/mol. The minimum atomic E-state index is -4.74. The normalized spacial score (nSPS) is 12.9. The summed E-state index contributed by atoms with van der Waals surface area (Å²) in [6.07, 6.45) is -6.42. The van der Waals surface area contributed by atoms with E-state index < -0.39 is 29.9 Å². The topological polar surface area (TPSA) is 79.5 Å². The van der Waals surface area contributed by atoms with Crippen LogP contribution in [0.25, 0.3) is 0 Å². The van der Waals surface area contributed by atoms with Gasteiger partial charge in [-0.3, -0.25) is 4.79 Å². The van der Waals surface area contributed by atoms with Crippen LogP contribution in [-0.2, 0) is 17.4 Å². The lowest BCUT2D eigenvalue weighted by Crippen LogP contribution is -2.33. The quantitative estimate of drug-likeness (QED) is 0.837. The minimum absolute atomic E-state index is 0.0535. The molecule has 0 aliphatic heterocycles. The van der Waals surface area contributed by atoms with Crippen molar-refractivity contribution in [1.29, 1.82) is 0 Å². The van der Waals surface area contributed by atoms with Gasteiger partial charge in [0.05, 0.1) is 0 Å². The number of amides is 1. The molecule has 10 heteroatoms. The molecule has 2 rings (SSSR count). The molecule has 0 saturated carbocycles. The maximum Gasteiger partial charge on any atom is 0.471 e. The molecule has 0 fully saturated rings. The van der Waals surface area contributed by atoms with E-state index in [1.54, 1.807) is 0 Å². The number of carbonyl (C=O) groups excluding carboxylic acids is 1. The van der Waals surface area contributed by atoms with E-state index in [4.69, 9.17) is 0 Å². The third-order valence-electron chi connectivity index (χ3n) is 3.16. The first-order valence-corrected chi connectivity index (χ1v) is 6.77. The summed E-state index contributed by atoms with van der Waals surface area (Å²) in [6, 6.07) is 4.91. The molecule has 1 atom stereocenters. The molecule has 0 bridgehead atoms. The summed E-state index contributed by atoms with van der Waals surface area (Å²) >= 11 is 0. The number of halogens is 4. The van der Waals surface area contributed by atoms with E-state index in [0.29, 0.717) is 0 Å². The highest BCUT2D eigenvalue weighted by Gasteiger charge is 2.38. The second kappa shape index (κ2) is 6.95. The van der Waals surface area contributed by atoms with Crippen molar-refractivity contribution in [2.75, 3.05) is 13.6 Å². The molecule has 0 saturated heterocycles. The molecule has 1 heterocycles. The molecule has 2 aromatic rings. The van der Waals surface area contributed by atoms with Crippen LogP contribution in [0, 0.1) is 5.82 Å². The zero-order valence-electron chi connectivity index (χ0n) is 12.4. The SMILES string of the molecule is CN(CCc1noc(C(F)(F)F)n1)C(=O)[C@@H](O)c1cccc(F)c1. The molecule has 0 aliphatic rings. The molecule has 6 nitrogen and oxygen atoms in total. The zero-order chi connectivity index (χ0) is 17.9. The van der Waals surface area contributed by atoms with Gasteiger partial charge >= 0.3 is 12.1 Å².